The van der Waals surface area contributed by atoms with E-state index in [-0.39, 0.29) is 16.6 Å². The molecule has 1 aromatic carbocycles. The van der Waals surface area contributed by atoms with Crippen molar-refractivity contribution >= 4 is 27.3 Å². The lowest BCUT2D eigenvalue weighted by Crippen LogP contribution is -2.46. The minimum absolute atomic E-state index is 0.0219. The van der Waals surface area contributed by atoms with E-state index in [0.717, 1.165) is 0 Å². The maximum absolute atomic E-state index is 12.0. The Morgan fingerprint density at radius 3 is 2.65 bits per heavy atom. The fraction of sp³-hybridized carbons (Fsp3) is 0.400. The number of nitrogens with two attached hydrogens (primary N) is 1. The van der Waals surface area contributed by atoms with Crippen LogP contribution in [0.3, 0.4) is 0 Å². The van der Waals surface area contributed by atoms with Crippen molar-refractivity contribution in [2.75, 3.05) is 5.73 Å². The van der Waals surface area contributed by atoms with Crippen LogP contribution in [0.5, 0.6) is 0 Å². The molecule has 1 aliphatic rings. The summed E-state index contributed by atoms with van der Waals surface area (Å²) in [5.41, 5.74) is 5.77. The van der Waals surface area contributed by atoms with Crippen molar-refractivity contribution in [1.29, 1.82) is 0 Å². The van der Waals surface area contributed by atoms with Crippen LogP contribution in [-0.2, 0) is 10.0 Å². The van der Waals surface area contributed by atoms with E-state index in [1.54, 1.807) is 0 Å². The van der Waals surface area contributed by atoms with Gasteiger partial charge in [-0.15, -0.1) is 0 Å². The summed E-state index contributed by atoms with van der Waals surface area (Å²) in [6.07, 6.45) is 0.443. The number of sulfonamides is 1. The third kappa shape index (κ3) is 2.71. The highest BCUT2D eigenvalue weighted by Gasteiger charge is 2.31. The van der Waals surface area contributed by atoms with E-state index in [1.165, 1.54) is 18.2 Å². The molecule has 1 fully saturated rings. The molecule has 1 aliphatic carbocycles. The van der Waals surface area contributed by atoms with Crippen LogP contribution in [0.1, 0.15) is 12.8 Å². The lowest BCUT2D eigenvalue weighted by molar-refractivity contribution is 0.0712. The van der Waals surface area contributed by atoms with Crippen LogP contribution in [0.25, 0.3) is 0 Å². The van der Waals surface area contributed by atoms with E-state index in [1.807, 2.05) is 0 Å². The molecule has 94 valence electrons. The summed E-state index contributed by atoms with van der Waals surface area (Å²) >= 11 is 5.74. The van der Waals surface area contributed by atoms with Crippen molar-refractivity contribution in [3.63, 3.8) is 0 Å². The molecule has 0 radical (unpaired) electrons. The summed E-state index contributed by atoms with van der Waals surface area (Å²) < 4.78 is 26.4. The van der Waals surface area contributed by atoms with Gasteiger partial charge in [0.05, 0.1) is 11.8 Å². The molecule has 0 heterocycles. The van der Waals surface area contributed by atoms with E-state index < -0.39 is 16.1 Å². The number of nitrogen functional groups attached to an aromatic ring is 1. The summed E-state index contributed by atoms with van der Waals surface area (Å²) in [6.45, 7) is 0. The fourth-order valence-electron chi connectivity index (χ4n) is 1.71. The number of anilines is 1. The predicted octanol–water partition coefficient (Wildman–Crippen LogP) is 0.724. The Kier molecular flexibility index (Phi) is 3.31. The van der Waals surface area contributed by atoms with E-state index in [2.05, 4.69) is 4.72 Å². The number of hydrogen-bond donors (Lipinski definition) is 3. The molecule has 1 saturated carbocycles. The highest BCUT2D eigenvalue weighted by Crippen LogP contribution is 2.26. The molecule has 0 unspecified atom stereocenters. The number of hydrogen-bond acceptors (Lipinski definition) is 4. The summed E-state index contributed by atoms with van der Waals surface area (Å²) in [5.74, 6) is 0. The van der Waals surface area contributed by atoms with Crippen LogP contribution >= 0.6 is 11.6 Å². The van der Waals surface area contributed by atoms with Crippen LogP contribution < -0.4 is 10.5 Å². The van der Waals surface area contributed by atoms with Gasteiger partial charge < -0.3 is 10.8 Å². The van der Waals surface area contributed by atoms with Crippen LogP contribution in [0.15, 0.2) is 23.1 Å². The molecule has 0 aromatic heterocycles. The largest absolute Gasteiger partial charge is 0.398 e. The number of halogens is 1. The molecular formula is C10H13ClN2O3S. The van der Waals surface area contributed by atoms with Gasteiger partial charge in [0.15, 0.2) is 0 Å². The van der Waals surface area contributed by atoms with Gasteiger partial charge in [-0.3, -0.25) is 0 Å². The van der Waals surface area contributed by atoms with E-state index in [0.29, 0.717) is 17.9 Å². The van der Waals surface area contributed by atoms with Gasteiger partial charge in [0, 0.05) is 11.1 Å². The van der Waals surface area contributed by atoms with Gasteiger partial charge in [-0.05, 0) is 31.0 Å². The fourth-order valence-corrected chi connectivity index (χ4v) is 3.36. The SMILES string of the molecule is Nc1ccc(Cl)cc1S(=O)(=O)NC1CC(O)C1. The Bertz CT molecular complexity index is 526. The number of nitrogens with one attached hydrogen (secondary N) is 1. The van der Waals surface area contributed by atoms with Crippen LogP contribution in [0.4, 0.5) is 5.69 Å². The average molecular weight is 277 g/mol. The van der Waals surface area contributed by atoms with Gasteiger partial charge in [-0.25, -0.2) is 13.1 Å². The molecule has 4 N–H and O–H groups in total. The normalized spacial score (nSPS) is 24.4. The number of aliphatic hydroxyl groups is 1. The van der Waals surface area contributed by atoms with E-state index >= 15 is 0 Å². The van der Waals surface area contributed by atoms with E-state index in [4.69, 9.17) is 22.4 Å². The highest BCUT2D eigenvalue weighted by atomic mass is 35.5. The summed E-state index contributed by atoms with van der Waals surface area (Å²) in [5, 5.41) is 9.42. The van der Waals surface area contributed by atoms with Crippen molar-refractivity contribution in [3.05, 3.63) is 23.2 Å². The first-order valence-electron chi connectivity index (χ1n) is 5.14. The van der Waals surface area contributed by atoms with Gasteiger partial charge >= 0.3 is 0 Å². The molecule has 7 heteroatoms. The molecule has 17 heavy (non-hydrogen) atoms. The first kappa shape index (κ1) is 12.6. The number of benzene rings is 1. The van der Waals surface area contributed by atoms with Crippen molar-refractivity contribution in [3.8, 4) is 0 Å². The standard InChI is InChI=1S/C10H13ClN2O3S/c11-6-1-2-9(12)10(3-6)17(15,16)13-7-4-8(14)5-7/h1-3,7-8,13-14H,4-5,12H2. The lowest BCUT2D eigenvalue weighted by Gasteiger charge is -2.31. The molecular weight excluding hydrogens is 264 g/mol. The number of rotatable bonds is 3. The van der Waals surface area contributed by atoms with Crippen LogP contribution in [-0.4, -0.2) is 25.7 Å². The Morgan fingerprint density at radius 2 is 2.06 bits per heavy atom. The molecule has 0 bridgehead atoms. The second-order valence-electron chi connectivity index (χ2n) is 4.13. The first-order valence-corrected chi connectivity index (χ1v) is 7.00. The first-order chi connectivity index (χ1) is 7.88. The Labute approximate surface area is 105 Å². The quantitative estimate of drug-likeness (QED) is 0.710. The van der Waals surface area contributed by atoms with Gasteiger partial charge in [0.1, 0.15) is 4.90 Å². The third-order valence-electron chi connectivity index (χ3n) is 2.70. The maximum Gasteiger partial charge on any atom is 0.242 e. The molecule has 0 aliphatic heterocycles. The number of aliphatic hydroxyl groups excluding tert-OH is 1. The molecule has 2 rings (SSSR count). The lowest BCUT2D eigenvalue weighted by atomic mass is 9.91. The second kappa shape index (κ2) is 4.45. The van der Waals surface area contributed by atoms with Crippen molar-refractivity contribution < 1.29 is 13.5 Å². The molecule has 5 nitrogen and oxygen atoms in total. The zero-order valence-corrected chi connectivity index (χ0v) is 10.5. The minimum atomic E-state index is -3.67. The Morgan fingerprint density at radius 1 is 1.41 bits per heavy atom. The highest BCUT2D eigenvalue weighted by molar-refractivity contribution is 7.89. The molecule has 0 amide bonds. The Hall–Kier alpha value is -0.820. The topological polar surface area (TPSA) is 92.4 Å². The average Bonchev–Trinajstić information content (AvgIpc) is 2.19. The van der Waals surface area contributed by atoms with Gasteiger partial charge in [-0.1, -0.05) is 11.6 Å². The van der Waals surface area contributed by atoms with Crippen LogP contribution in [0, 0.1) is 0 Å². The van der Waals surface area contributed by atoms with Crippen LogP contribution in [0.2, 0.25) is 5.02 Å². The van der Waals surface area contributed by atoms with Gasteiger partial charge in [-0.2, -0.15) is 0 Å². The predicted molar refractivity (Wildman–Crippen MR) is 65.2 cm³/mol. The third-order valence-corrected chi connectivity index (χ3v) is 4.51. The second-order valence-corrected chi connectivity index (χ2v) is 6.24. The van der Waals surface area contributed by atoms with Crippen molar-refractivity contribution in [2.45, 2.75) is 29.9 Å². The molecule has 1 aromatic rings. The van der Waals surface area contributed by atoms with Gasteiger partial charge in [0.25, 0.3) is 0 Å². The van der Waals surface area contributed by atoms with E-state index in [9.17, 15) is 8.42 Å². The monoisotopic (exact) mass is 276 g/mol. The molecule has 0 atom stereocenters. The summed E-state index contributed by atoms with van der Waals surface area (Å²) in [4.78, 5) is -0.0219. The summed E-state index contributed by atoms with van der Waals surface area (Å²) in [6, 6.07) is 4.07. The van der Waals surface area contributed by atoms with Crippen molar-refractivity contribution in [2.24, 2.45) is 0 Å². The van der Waals surface area contributed by atoms with Crippen molar-refractivity contribution in [1.82, 2.24) is 4.72 Å². The van der Waals surface area contributed by atoms with Gasteiger partial charge in [0.2, 0.25) is 10.0 Å². The molecule has 0 spiro atoms. The smallest absolute Gasteiger partial charge is 0.242 e. The summed E-state index contributed by atoms with van der Waals surface area (Å²) in [7, 11) is -3.67. The Balaban J connectivity index is 2.22. The minimum Gasteiger partial charge on any atom is -0.398 e. The molecule has 0 saturated heterocycles. The zero-order chi connectivity index (χ0) is 12.6. The maximum atomic E-state index is 12.0. The zero-order valence-electron chi connectivity index (χ0n) is 8.93.